The SMILES string of the molecule is C=Cc1cc(CC)cc(Cl)c1C(C)S(=O)(=O)O. The molecule has 1 N–H and O–H groups in total. The largest absolute Gasteiger partial charge is 0.285 e. The zero-order valence-corrected chi connectivity index (χ0v) is 11.3. The summed E-state index contributed by atoms with van der Waals surface area (Å²) in [5.74, 6) is 0. The maximum absolute atomic E-state index is 11.2. The Bertz CT molecular complexity index is 535. The fourth-order valence-electron chi connectivity index (χ4n) is 1.65. The van der Waals surface area contributed by atoms with Crippen LogP contribution in [0.1, 0.15) is 35.8 Å². The molecule has 0 aliphatic carbocycles. The molecule has 0 aliphatic rings. The van der Waals surface area contributed by atoms with Crippen molar-refractivity contribution in [2.45, 2.75) is 25.5 Å². The van der Waals surface area contributed by atoms with E-state index in [-0.39, 0.29) is 0 Å². The average Bonchev–Trinajstić information content (AvgIpc) is 2.25. The third kappa shape index (κ3) is 3.09. The Hall–Kier alpha value is -0.840. The lowest BCUT2D eigenvalue weighted by Gasteiger charge is -2.15. The molecule has 3 nitrogen and oxygen atoms in total. The Balaban J connectivity index is 3.48. The standard InChI is InChI=1S/C12H15ClO3S/c1-4-9-6-10(5-2)12(11(13)7-9)8(3)17(14,15)16/h5-8H,2,4H2,1,3H3,(H,14,15,16). The summed E-state index contributed by atoms with van der Waals surface area (Å²) < 4.78 is 31.4. The van der Waals surface area contributed by atoms with Crippen LogP contribution in [0.4, 0.5) is 0 Å². The van der Waals surface area contributed by atoms with Gasteiger partial charge in [0.25, 0.3) is 10.1 Å². The van der Waals surface area contributed by atoms with E-state index < -0.39 is 15.4 Å². The summed E-state index contributed by atoms with van der Waals surface area (Å²) in [6.07, 6.45) is 2.34. The Kier molecular flexibility index (Phi) is 4.36. The average molecular weight is 275 g/mol. The van der Waals surface area contributed by atoms with Crippen LogP contribution in [0.3, 0.4) is 0 Å². The van der Waals surface area contributed by atoms with Crippen molar-refractivity contribution in [2.75, 3.05) is 0 Å². The Morgan fingerprint density at radius 2 is 2.12 bits per heavy atom. The Morgan fingerprint density at radius 1 is 1.53 bits per heavy atom. The molecule has 0 amide bonds. The van der Waals surface area contributed by atoms with Crippen LogP contribution in [0.2, 0.25) is 5.02 Å². The van der Waals surface area contributed by atoms with Gasteiger partial charge in [0.2, 0.25) is 0 Å². The number of benzene rings is 1. The van der Waals surface area contributed by atoms with E-state index in [9.17, 15) is 8.42 Å². The molecular weight excluding hydrogens is 260 g/mol. The maximum atomic E-state index is 11.2. The van der Waals surface area contributed by atoms with E-state index in [4.69, 9.17) is 16.2 Å². The number of rotatable bonds is 4. The highest BCUT2D eigenvalue weighted by Crippen LogP contribution is 2.33. The quantitative estimate of drug-likeness (QED) is 0.855. The lowest BCUT2D eigenvalue weighted by atomic mass is 10.0. The zero-order valence-electron chi connectivity index (χ0n) is 9.77. The van der Waals surface area contributed by atoms with Crippen molar-refractivity contribution in [3.63, 3.8) is 0 Å². The maximum Gasteiger partial charge on any atom is 0.271 e. The predicted molar refractivity (Wildman–Crippen MR) is 70.9 cm³/mol. The van der Waals surface area contributed by atoms with Gasteiger partial charge in [0, 0.05) is 5.02 Å². The van der Waals surface area contributed by atoms with E-state index in [0.717, 1.165) is 12.0 Å². The predicted octanol–water partition coefficient (Wildman–Crippen LogP) is 3.49. The Morgan fingerprint density at radius 3 is 2.53 bits per heavy atom. The lowest BCUT2D eigenvalue weighted by Crippen LogP contribution is -2.10. The van der Waals surface area contributed by atoms with E-state index in [1.54, 1.807) is 12.1 Å². The van der Waals surface area contributed by atoms with E-state index >= 15 is 0 Å². The first-order valence-corrected chi connectivity index (χ1v) is 7.10. The zero-order chi connectivity index (χ0) is 13.2. The van der Waals surface area contributed by atoms with Crippen LogP contribution in [0.15, 0.2) is 18.7 Å². The first-order valence-electron chi connectivity index (χ1n) is 5.22. The van der Waals surface area contributed by atoms with Crippen LogP contribution in [-0.2, 0) is 16.5 Å². The molecule has 94 valence electrons. The highest BCUT2D eigenvalue weighted by Gasteiger charge is 2.24. The molecule has 1 atom stereocenters. The monoisotopic (exact) mass is 274 g/mol. The number of hydrogen-bond donors (Lipinski definition) is 1. The third-order valence-corrected chi connectivity index (χ3v) is 4.14. The van der Waals surface area contributed by atoms with Gasteiger partial charge in [0.1, 0.15) is 5.25 Å². The van der Waals surface area contributed by atoms with Gasteiger partial charge in [-0.3, -0.25) is 4.55 Å². The van der Waals surface area contributed by atoms with E-state index in [0.29, 0.717) is 16.1 Å². The molecule has 1 unspecified atom stereocenters. The molecule has 0 radical (unpaired) electrons. The van der Waals surface area contributed by atoms with E-state index in [2.05, 4.69) is 6.58 Å². The van der Waals surface area contributed by atoms with Gasteiger partial charge >= 0.3 is 0 Å². The van der Waals surface area contributed by atoms with Crippen LogP contribution in [0.25, 0.3) is 6.08 Å². The van der Waals surface area contributed by atoms with Gasteiger partial charge in [-0.25, -0.2) is 0 Å². The van der Waals surface area contributed by atoms with Crippen LogP contribution in [0, 0.1) is 0 Å². The minimum atomic E-state index is -4.16. The molecule has 1 aromatic rings. The Labute approximate surface area is 107 Å². The van der Waals surface area contributed by atoms with Crippen LogP contribution in [-0.4, -0.2) is 13.0 Å². The van der Waals surface area contributed by atoms with Gasteiger partial charge in [-0.05, 0) is 36.1 Å². The van der Waals surface area contributed by atoms with E-state index in [1.165, 1.54) is 6.92 Å². The molecule has 0 bridgehead atoms. The summed E-state index contributed by atoms with van der Waals surface area (Å²) in [5, 5.41) is -0.724. The lowest BCUT2D eigenvalue weighted by molar-refractivity contribution is 0.472. The summed E-state index contributed by atoms with van der Waals surface area (Å²) in [7, 11) is -4.16. The summed E-state index contributed by atoms with van der Waals surface area (Å²) >= 11 is 6.07. The van der Waals surface area contributed by atoms with Gasteiger partial charge in [0.05, 0.1) is 0 Å². The first kappa shape index (κ1) is 14.2. The van der Waals surface area contributed by atoms with Crippen LogP contribution in [0.5, 0.6) is 0 Å². The minimum absolute atomic E-state index is 0.337. The van der Waals surface area contributed by atoms with E-state index in [1.807, 2.05) is 13.0 Å². The third-order valence-electron chi connectivity index (χ3n) is 2.70. The summed E-state index contributed by atoms with van der Waals surface area (Å²) in [5.41, 5.74) is 2.03. The van der Waals surface area contributed by atoms with Crippen molar-refractivity contribution >= 4 is 27.8 Å². The molecule has 0 aromatic heterocycles. The van der Waals surface area contributed by atoms with Crippen LogP contribution < -0.4 is 0 Å². The number of aryl methyl sites for hydroxylation is 1. The highest BCUT2D eigenvalue weighted by atomic mass is 35.5. The molecule has 0 aliphatic heterocycles. The minimum Gasteiger partial charge on any atom is -0.285 e. The highest BCUT2D eigenvalue weighted by molar-refractivity contribution is 7.86. The van der Waals surface area contributed by atoms with Crippen molar-refractivity contribution < 1.29 is 13.0 Å². The number of halogens is 1. The molecule has 1 aromatic carbocycles. The van der Waals surface area contributed by atoms with Gasteiger partial charge in [0.15, 0.2) is 0 Å². The topological polar surface area (TPSA) is 54.4 Å². The van der Waals surface area contributed by atoms with Crippen molar-refractivity contribution in [3.05, 3.63) is 40.4 Å². The summed E-state index contributed by atoms with van der Waals surface area (Å²) in [4.78, 5) is 0. The molecule has 5 heteroatoms. The summed E-state index contributed by atoms with van der Waals surface area (Å²) in [6.45, 7) is 7.01. The number of hydrogen-bond acceptors (Lipinski definition) is 2. The molecular formula is C12H15ClO3S. The second kappa shape index (κ2) is 5.21. The van der Waals surface area contributed by atoms with Crippen molar-refractivity contribution in [2.24, 2.45) is 0 Å². The molecule has 1 rings (SSSR count). The van der Waals surface area contributed by atoms with Crippen LogP contribution >= 0.6 is 11.6 Å². The second-order valence-corrected chi connectivity index (χ2v) is 5.94. The molecule has 0 spiro atoms. The molecule has 0 saturated carbocycles. The molecule has 0 heterocycles. The van der Waals surface area contributed by atoms with Gasteiger partial charge in [-0.2, -0.15) is 8.42 Å². The second-order valence-electron chi connectivity index (χ2n) is 3.80. The smallest absolute Gasteiger partial charge is 0.271 e. The van der Waals surface area contributed by atoms with Gasteiger partial charge < -0.3 is 0 Å². The van der Waals surface area contributed by atoms with Crippen molar-refractivity contribution in [3.8, 4) is 0 Å². The molecule has 17 heavy (non-hydrogen) atoms. The fraction of sp³-hybridized carbons (Fsp3) is 0.333. The molecule has 0 fully saturated rings. The summed E-state index contributed by atoms with van der Waals surface area (Å²) in [6, 6.07) is 3.54. The van der Waals surface area contributed by atoms with Crippen molar-refractivity contribution in [1.29, 1.82) is 0 Å². The fourth-order valence-corrected chi connectivity index (χ4v) is 2.69. The van der Waals surface area contributed by atoms with Crippen molar-refractivity contribution in [1.82, 2.24) is 0 Å². The first-order chi connectivity index (χ1) is 7.81. The normalized spacial score (nSPS) is 13.4. The molecule has 0 saturated heterocycles. The van der Waals surface area contributed by atoms with Gasteiger partial charge in [-0.1, -0.05) is 37.2 Å². The van der Waals surface area contributed by atoms with Gasteiger partial charge in [-0.15, -0.1) is 0 Å².